The molecular formula is C14H20N2O3S. The maximum Gasteiger partial charge on any atom is 0.220 e. The summed E-state index contributed by atoms with van der Waals surface area (Å²) in [4.78, 5) is 11.4. The Balaban J connectivity index is 2.00. The van der Waals surface area contributed by atoms with Crippen molar-refractivity contribution in [3.63, 3.8) is 0 Å². The van der Waals surface area contributed by atoms with E-state index in [1.807, 2.05) is 6.92 Å². The first-order valence-corrected chi connectivity index (χ1v) is 8.52. The Hall–Kier alpha value is -1.56. The second kappa shape index (κ2) is 6.26. The zero-order valence-electron chi connectivity index (χ0n) is 11.6. The van der Waals surface area contributed by atoms with Crippen LogP contribution in [0.5, 0.6) is 0 Å². The standard InChI is InChI=1S/C14H20N2O3S/c1-2-9-20(18,19)13-6-3-11(4-7-13)16-12-5-8-14(17)15-10-12/h3-4,6-7,12,16H,2,5,8-10H2,1H3,(H,15,17). The van der Waals surface area contributed by atoms with E-state index in [0.29, 0.717) is 24.3 Å². The molecule has 1 heterocycles. The number of hydrogen-bond donors (Lipinski definition) is 2. The minimum atomic E-state index is -3.15. The van der Waals surface area contributed by atoms with Gasteiger partial charge in [0.25, 0.3) is 0 Å². The summed E-state index contributed by atoms with van der Waals surface area (Å²) in [7, 11) is -3.15. The summed E-state index contributed by atoms with van der Waals surface area (Å²) >= 11 is 0. The number of amides is 1. The first-order chi connectivity index (χ1) is 9.51. The molecule has 1 fully saturated rings. The molecular weight excluding hydrogens is 276 g/mol. The van der Waals surface area contributed by atoms with Gasteiger partial charge >= 0.3 is 0 Å². The number of nitrogens with one attached hydrogen (secondary N) is 2. The predicted molar refractivity (Wildman–Crippen MR) is 78.4 cm³/mol. The molecule has 1 saturated heterocycles. The van der Waals surface area contributed by atoms with Gasteiger partial charge in [-0.2, -0.15) is 0 Å². The predicted octanol–water partition coefficient (Wildman–Crippen LogP) is 1.56. The van der Waals surface area contributed by atoms with Crippen LogP contribution in [-0.2, 0) is 14.6 Å². The molecule has 0 spiro atoms. The van der Waals surface area contributed by atoms with Crippen LogP contribution in [0.1, 0.15) is 26.2 Å². The Morgan fingerprint density at radius 2 is 2.00 bits per heavy atom. The van der Waals surface area contributed by atoms with Gasteiger partial charge in [-0.25, -0.2) is 8.42 Å². The first-order valence-electron chi connectivity index (χ1n) is 6.87. The number of hydrogen-bond acceptors (Lipinski definition) is 4. The van der Waals surface area contributed by atoms with Gasteiger partial charge in [-0.05, 0) is 37.1 Å². The fourth-order valence-corrected chi connectivity index (χ4v) is 3.56. The highest BCUT2D eigenvalue weighted by Gasteiger charge is 2.18. The summed E-state index contributed by atoms with van der Waals surface area (Å²) in [6.45, 7) is 2.46. The summed E-state index contributed by atoms with van der Waals surface area (Å²) in [5, 5.41) is 6.11. The Kier molecular flexibility index (Phi) is 4.65. The van der Waals surface area contributed by atoms with Crippen molar-refractivity contribution in [3.8, 4) is 0 Å². The van der Waals surface area contributed by atoms with Crippen molar-refractivity contribution in [3.05, 3.63) is 24.3 Å². The molecule has 1 amide bonds. The highest BCUT2D eigenvalue weighted by molar-refractivity contribution is 7.91. The minimum absolute atomic E-state index is 0.0871. The van der Waals surface area contributed by atoms with Crippen LogP contribution in [0.4, 0.5) is 5.69 Å². The molecule has 0 aliphatic carbocycles. The monoisotopic (exact) mass is 296 g/mol. The molecule has 0 aromatic heterocycles. The molecule has 110 valence electrons. The lowest BCUT2D eigenvalue weighted by molar-refractivity contribution is -0.122. The molecule has 1 aliphatic heterocycles. The molecule has 0 saturated carbocycles. The van der Waals surface area contributed by atoms with Gasteiger partial charge in [-0.3, -0.25) is 4.79 Å². The zero-order valence-corrected chi connectivity index (χ0v) is 12.4. The van der Waals surface area contributed by atoms with Gasteiger partial charge < -0.3 is 10.6 Å². The van der Waals surface area contributed by atoms with Crippen LogP contribution in [0.25, 0.3) is 0 Å². The Morgan fingerprint density at radius 3 is 2.55 bits per heavy atom. The highest BCUT2D eigenvalue weighted by Crippen LogP contribution is 2.18. The number of benzene rings is 1. The molecule has 0 bridgehead atoms. The van der Waals surface area contributed by atoms with Crippen LogP contribution in [0, 0.1) is 0 Å². The average molecular weight is 296 g/mol. The fourth-order valence-electron chi connectivity index (χ4n) is 2.24. The van der Waals surface area contributed by atoms with Crippen molar-refractivity contribution < 1.29 is 13.2 Å². The summed E-state index contributed by atoms with van der Waals surface area (Å²) < 4.78 is 23.8. The number of carbonyl (C=O) groups excluding carboxylic acids is 1. The van der Waals surface area contributed by atoms with Gasteiger partial charge in [0.05, 0.1) is 10.6 Å². The van der Waals surface area contributed by atoms with Crippen molar-refractivity contribution in [2.75, 3.05) is 17.6 Å². The third-order valence-corrected chi connectivity index (χ3v) is 5.26. The second-order valence-corrected chi connectivity index (χ2v) is 7.14. The van der Waals surface area contributed by atoms with Gasteiger partial charge in [0.15, 0.2) is 9.84 Å². The molecule has 1 atom stereocenters. The quantitative estimate of drug-likeness (QED) is 0.864. The topological polar surface area (TPSA) is 75.3 Å². The van der Waals surface area contributed by atoms with Crippen LogP contribution < -0.4 is 10.6 Å². The van der Waals surface area contributed by atoms with Gasteiger partial charge in [0.2, 0.25) is 5.91 Å². The van der Waals surface area contributed by atoms with Crippen LogP contribution in [0.2, 0.25) is 0 Å². The van der Waals surface area contributed by atoms with E-state index in [2.05, 4.69) is 10.6 Å². The van der Waals surface area contributed by atoms with E-state index in [1.54, 1.807) is 24.3 Å². The number of anilines is 1. The van der Waals surface area contributed by atoms with Gasteiger partial charge in [-0.1, -0.05) is 6.92 Å². The fraction of sp³-hybridized carbons (Fsp3) is 0.500. The second-order valence-electron chi connectivity index (χ2n) is 5.03. The van der Waals surface area contributed by atoms with Crippen molar-refractivity contribution in [2.45, 2.75) is 37.1 Å². The Morgan fingerprint density at radius 1 is 1.30 bits per heavy atom. The van der Waals surface area contributed by atoms with Gasteiger partial charge in [0, 0.05) is 24.7 Å². The van der Waals surface area contributed by atoms with Crippen molar-refractivity contribution in [2.24, 2.45) is 0 Å². The normalized spacial score (nSPS) is 19.4. The van der Waals surface area contributed by atoms with E-state index in [0.717, 1.165) is 12.1 Å². The van der Waals surface area contributed by atoms with E-state index < -0.39 is 9.84 Å². The molecule has 1 aromatic carbocycles. The van der Waals surface area contributed by atoms with Crippen LogP contribution in [0.15, 0.2) is 29.2 Å². The maximum absolute atomic E-state index is 11.9. The van der Waals surface area contributed by atoms with E-state index in [4.69, 9.17) is 0 Å². The number of sulfone groups is 1. The summed E-state index contributed by atoms with van der Waals surface area (Å²) in [5.41, 5.74) is 0.876. The summed E-state index contributed by atoms with van der Waals surface area (Å²) in [6.07, 6.45) is 1.94. The summed E-state index contributed by atoms with van der Waals surface area (Å²) in [5.74, 6) is 0.262. The molecule has 6 heteroatoms. The van der Waals surface area contributed by atoms with E-state index in [-0.39, 0.29) is 17.7 Å². The molecule has 1 unspecified atom stereocenters. The lowest BCUT2D eigenvalue weighted by atomic mass is 10.1. The lowest BCUT2D eigenvalue weighted by Gasteiger charge is -2.24. The van der Waals surface area contributed by atoms with Crippen molar-refractivity contribution in [1.29, 1.82) is 0 Å². The summed E-state index contributed by atoms with van der Waals surface area (Å²) in [6, 6.07) is 7.02. The van der Waals surface area contributed by atoms with Gasteiger partial charge in [0.1, 0.15) is 0 Å². The lowest BCUT2D eigenvalue weighted by Crippen LogP contribution is -2.41. The van der Waals surface area contributed by atoms with Crippen LogP contribution in [0.3, 0.4) is 0 Å². The highest BCUT2D eigenvalue weighted by atomic mass is 32.2. The van der Waals surface area contributed by atoms with Gasteiger partial charge in [-0.15, -0.1) is 0 Å². The maximum atomic E-state index is 11.9. The molecule has 2 rings (SSSR count). The Bertz CT molecular complexity index is 557. The largest absolute Gasteiger partial charge is 0.381 e. The minimum Gasteiger partial charge on any atom is -0.381 e. The Labute approximate surface area is 119 Å². The molecule has 1 aromatic rings. The third kappa shape index (κ3) is 3.72. The molecule has 5 nitrogen and oxygen atoms in total. The smallest absolute Gasteiger partial charge is 0.220 e. The molecule has 1 aliphatic rings. The SMILES string of the molecule is CCCS(=O)(=O)c1ccc(NC2CCC(=O)NC2)cc1. The van der Waals surface area contributed by atoms with Crippen molar-refractivity contribution >= 4 is 21.4 Å². The zero-order chi connectivity index (χ0) is 14.6. The number of piperidine rings is 1. The number of carbonyl (C=O) groups is 1. The van der Waals surface area contributed by atoms with E-state index >= 15 is 0 Å². The average Bonchev–Trinajstić information content (AvgIpc) is 2.42. The molecule has 20 heavy (non-hydrogen) atoms. The van der Waals surface area contributed by atoms with Crippen LogP contribution in [-0.4, -0.2) is 32.7 Å². The number of rotatable bonds is 5. The third-order valence-electron chi connectivity index (χ3n) is 3.32. The van der Waals surface area contributed by atoms with E-state index in [9.17, 15) is 13.2 Å². The molecule has 2 N–H and O–H groups in total. The van der Waals surface area contributed by atoms with Crippen molar-refractivity contribution in [1.82, 2.24) is 5.32 Å². The van der Waals surface area contributed by atoms with E-state index in [1.165, 1.54) is 0 Å². The first kappa shape index (κ1) is 14.8. The van der Waals surface area contributed by atoms with Crippen LogP contribution >= 0.6 is 0 Å². The molecule has 0 radical (unpaired) electrons.